The number of carbonyl (C=O) groups excluding carboxylic acids is 4. The number of nitrogens with zero attached hydrogens (tertiary/aromatic N) is 5. The van der Waals surface area contributed by atoms with Gasteiger partial charge in [-0.15, -0.1) is 0 Å². The normalized spacial score (nSPS) is 18.5. The Balaban J connectivity index is 0.801. The van der Waals surface area contributed by atoms with Gasteiger partial charge in [0, 0.05) is 50.0 Å². The second kappa shape index (κ2) is 19.0. The average Bonchev–Trinajstić information content (AvgIpc) is 3.97. The first-order chi connectivity index (χ1) is 27.0. The van der Waals surface area contributed by atoms with Crippen LogP contribution in [0.15, 0.2) is 41.5 Å². The predicted octanol–water partition coefficient (Wildman–Crippen LogP) is 2.94. The molecule has 2 fully saturated rings. The molecule has 18 nitrogen and oxygen atoms in total. The van der Waals surface area contributed by atoms with Crippen molar-refractivity contribution >= 4 is 40.7 Å². The van der Waals surface area contributed by atoms with Crippen molar-refractivity contribution in [1.29, 1.82) is 0 Å². The topological polar surface area (TPSA) is 215 Å². The highest BCUT2D eigenvalue weighted by atomic mass is 16.6. The summed E-state index contributed by atoms with van der Waals surface area (Å²) >= 11 is 0. The molecule has 1 aromatic carbocycles. The fourth-order valence-corrected chi connectivity index (χ4v) is 7.02. The van der Waals surface area contributed by atoms with Gasteiger partial charge in [0.25, 0.3) is 5.91 Å². The van der Waals surface area contributed by atoms with Gasteiger partial charge in [-0.05, 0) is 70.1 Å². The van der Waals surface area contributed by atoms with Gasteiger partial charge in [-0.1, -0.05) is 6.07 Å². The second-order valence-corrected chi connectivity index (χ2v) is 14.4. The minimum absolute atomic E-state index is 0.0162. The second-order valence-electron chi connectivity index (χ2n) is 14.4. The molecule has 1 saturated heterocycles. The van der Waals surface area contributed by atoms with Gasteiger partial charge in [0.1, 0.15) is 12.1 Å². The Morgan fingerprint density at radius 1 is 0.964 bits per heavy atom. The quantitative estimate of drug-likeness (QED) is 0.0803. The third-order valence-electron chi connectivity index (χ3n) is 9.88. The van der Waals surface area contributed by atoms with Crippen LogP contribution >= 0.6 is 0 Å². The first-order valence-electron chi connectivity index (χ1n) is 19.2. The number of H-pyrrole nitrogens is 1. The summed E-state index contributed by atoms with van der Waals surface area (Å²) in [5.41, 5.74) is 3.47. The molecule has 302 valence electrons. The van der Waals surface area contributed by atoms with E-state index < -0.39 is 18.0 Å². The maximum Gasteiger partial charge on any atom is 0.407 e. The van der Waals surface area contributed by atoms with E-state index in [1.54, 1.807) is 17.9 Å². The molecule has 4 heterocycles. The molecule has 4 amide bonds. The Hall–Kier alpha value is -5.33. The summed E-state index contributed by atoms with van der Waals surface area (Å²) in [4.78, 5) is 61.7. The molecule has 1 saturated carbocycles. The fraction of sp³-hybridized carbons (Fsp3) is 0.553. The van der Waals surface area contributed by atoms with E-state index in [0.29, 0.717) is 75.9 Å². The van der Waals surface area contributed by atoms with Crippen molar-refractivity contribution in [3.63, 3.8) is 0 Å². The molecule has 0 bridgehead atoms. The number of hydrogen-bond donors (Lipinski definition) is 4. The molecule has 18 heteroatoms. The van der Waals surface area contributed by atoms with Gasteiger partial charge in [-0.3, -0.25) is 38.6 Å². The van der Waals surface area contributed by atoms with Crippen LogP contribution in [0, 0.1) is 0 Å². The number of imide groups is 1. The van der Waals surface area contributed by atoms with E-state index >= 15 is 0 Å². The molecule has 0 radical (unpaired) electrons. The van der Waals surface area contributed by atoms with Crippen LogP contribution < -0.4 is 21.6 Å². The van der Waals surface area contributed by atoms with Crippen molar-refractivity contribution in [2.45, 2.75) is 89.4 Å². The highest BCUT2D eigenvalue weighted by molar-refractivity contribution is 6.03. The molecule has 1 aliphatic heterocycles. The van der Waals surface area contributed by atoms with Gasteiger partial charge in [0.15, 0.2) is 5.82 Å². The largest absolute Gasteiger partial charge is 0.446 e. The standard InChI is InChI=1S/C38H51N9O9/c1-24(2)40-37(51)56-28-8-7-26(20-28)29-21-33(44-43-29)41-35(49)27-22-39-46(23-27)12-14-54-16-18-55-17-15-53-13-4-5-25-6-9-30-32(19-25)45(3)38(52)47(30)31-10-11-34(48)42-36(31)50/h6,9,19,21-24,26,28,31H,4-5,7-8,10-18,20H2,1-3H3,(H,40,51)(H,42,48,50)(H2,41,43,44,49)/t26-,28+,31?/m0/s1. The van der Waals surface area contributed by atoms with Gasteiger partial charge >= 0.3 is 11.8 Å². The summed E-state index contributed by atoms with van der Waals surface area (Å²) in [6.45, 7) is 6.91. The van der Waals surface area contributed by atoms with Crippen LogP contribution in [-0.4, -0.2) is 105 Å². The summed E-state index contributed by atoms with van der Waals surface area (Å²) in [6, 6.07) is 6.91. The first kappa shape index (κ1) is 40.3. The summed E-state index contributed by atoms with van der Waals surface area (Å²) in [5.74, 6) is -0.508. The fourth-order valence-electron chi connectivity index (χ4n) is 7.02. The van der Waals surface area contributed by atoms with Crippen molar-refractivity contribution in [1.82, 2.24) is 39.7 Å². The van der Waals surface area contributed by atoms with Crippen LogP contribution in [0.5, 0.6) is 0 Å². The zero-order chi connectivity index (χ0) is 39.6. The van der Waals surface area contributed by atoms with E-state index in [9.17, 15) is 24.0 Å². The number of nitrogens with one attached hydrogen (secondary N) is 4. The maximum atomic E-state index is 13.0. The van der Waals surface area contributed by atoms with Crippen molar-refractivity contribution < 1.29 is 38.1 Å². The first-order valence-corrected chi connectivity index (χ1v) is 19.2. The molecule has 1 unspecified atom stereocenters. The molecule has 56 heavy (non-hydrogen) atoms. The van der Waals surface area contributed by atoms with E-state index in [2.05, 4.69) is 31.2 Å². The molecular weight excluding hydrogens is 726 g/mol. The number of amides is 4. The lowest BCUT2D eigenvalue weighted by atomic mass is 10.0. The van der Waals surface area contributed by atoms with Gasteiger partial charge in [0.2, 0.25) is 11.8 Å². The number of anilines is 1. The number of carbonyl (C=O) groups is 4. The number of hydrogen-bond acceptors (Lipinski definition) is 11. The monoisotopic (exact) mass is 777 g/mol. The molecule has 4 N–H and O–H groups in total. The van der Waals surface area contributed by atoms with Gasteiger partial charge in [0.05, 0.1) is 62.4 Å². The molecule has 4 aromatic rings. The van der Waals surface area contributed by atoms with Crippen LogP contribution in [0.1, 0.15) is 85.9 Å². The Bertz CT molecular complexity index is 2050. The van der Waals surface area contributed by atoms with Crippen molar-refractivity contribution in [3.05, 3.63) is 64.0 Å². The van der Waals surface area contributed by atoms with Crippen molar-refractivity contribution in [2.75, 3.05) is 45.0 Å². The number of aryl methyl sites for hydroxylation is 2. The molecule has 3 aromatic heterocycles. The molecule has 0 spiro atoms. The number of ether oxygens (including phenoxy) is 4. The molecule has 2 aliphatic rings. The summed E-state index contributed by atoms with van der Waals surface area (Å²) in [5, 5.41) is 19.4. The minimum atomic E-state index is -0.703. The molecule has 3 atom stereocenters. The smallest absolute Gasteiger partial charge is 0.407 e. The number of fused-ring (bicyclic) bond motifs is 1. The summed E-state index contributed by atoms with van der Waals surface area (Å²) in [7, 11) is 1.69. The average molecular weight is 778 g/mol. The van der Waals surface area contributed by atoms with Gasteiger partial charge < -0.3 is 29.6 Å². The van der Waals surface area contributed by atoms with E-state index in [1.165, 1.54) is 15.3 Å². The third kappa shape index (κ3) is 10.5. The third-order valence-corrected chi connectivity index (χ3v) is 9.88. The number of imidazole rings is 1. The van der Waals surface area contributed by atoms with Crippen LogP contribution in [0.3, 0.4) is 0 Å². The van der Waals surface area contributed by atoms with Crippen LogP contribution in [-0.2, 0) is 48.5 Å². The van der Waals surface area contributed by atoms with E-state index in [-0.39, 0.29) is 42.0 Å². The lowest BCUT2D eigenvalue weighted by molar-refractivity contribution is -0.135. The SMILES string of the molecule is CC(C)NC(=O)O[C@@H]1CC[C@H](c2cc(NC(=O)c3cnn(CCOCCOCCOCCCc4ccc5c(c4)n(C)c(=O)n5C4CCC(=O)NC4=O)c3)n[nH]2)C1. The van der Waals surface area contributed by atoms with Crippen molar-refractivity contribution in [3.8, 4) is 0 Å². The summed E-state index contributed by atoms with van der Waals surface area (Å²) in [6.07, 6.45) is 6.97. The Kier molecular flexibility index (Phi) is 13.7. The Labute approximate surface area is 323 Å². The number of alkyl carbamates (subject to hydrolysis) is 1. The number of piperidine rings is 1. The van der Waals surface area contributed by atoms with Gasteiger partial charge in [-0.2, -0.15) is 10.2 Å². The molecular formula is C38H51N9O9. The van der Waals surface area contributed by atoms with E-state index in [4.69, 9.17) is 18.9 Å². The lowest BCUT2D eigenvalue weighted by Gasteiger charge is -2.21. The van der Waals surface area contributed by atoms with E-state index in [1.807, 2.05) is 38.1 Å². The number of aromatic nitrogens is 6. The zero-order valence-electron chi connectivity index (χ0n) is 32.1. The van der Waals surface area contributed by atoms with Crippen molar-refractivity contribution in [2.24, 2.45) is 7.05 Å². The van der Waals surface area contributed by atoms with Crippen LogP contribution in [0.2, 0.25) is 0 Å². The Morgan fingerprint density at radius 2 is 1.73 bits per heavy atom. The number of aromatic amines is 1. The lowest BCUT2D eigenvalue weighted by Crippen LogP contribution is -2.44. The minimum Gasteiger partial charge on any atom is -0.446 e. The van der Waals surface area contributed by atoms with Crippen LogP contribution in [0.25, 0.3) is 11.0 Å². The van der Waals surface area contributed by atoms with E-state index in [0.717, 1.165) is 42.5 Å². The highest BCUT2D eigenvalue weighted by Gasteiger charge is 2.32. The number of rotatable bonds is 19. The predicted molar refractivity (Wildman–Crippen MR) is 203 cm³/mol. The summed E-state index contributed by atoms with van der Waals surface area (Å²) < 4.78 is 27.2. The maximum absolute atomic E-state index is 13.0. The van der Waals surface area contributed by atoms with Crippen LogP contribution in [0.4, 0.5) is 10.6 Å². The molecule has 1 aliphatic carbocycles. The highest BCUT2D eigenvalue weighted by Crippen LogP contribution is 2.36. The number of benzene rings is 1. The Morgan fingerprint density at radius 3 is 2.50 bits per heavy atom. The van der Waals surface area contributed by atoms with Gasteiger partial charge in [-0.25, -0.2) is 9.59 Å². The zero-order valence-corrected chi connectivity index (χ0v) is 32.1. The molecule has 6 rings (SSSR count).